The van der Waals surface area contributed by atoms with Gasteiger partial charge in [-0.05, 0) is 53.9 Å². The van der Waals surface area contributed by atoms with E-state index in [-0.39, 0.29) is 27.6 Å². The summed E-state index contributed by atoms with van der Waals surface area (Å²) in [5.41, 5.74) is 1.53. The number of nitrogens with one attached hydrogen (secondary N) is 1. The molecule has 190 valence electrons. The van der Waals surface area contributed by atoms with Crippen molar-refractivity contribution in [1.82, 2.24) is 0 Å². The second-order valence-electron chi connectivity index (χ2n) is 9.29. The number of benzene rings is 3. The van der Waals surface area contributed by atoms with Crippen LogP contribution in [0.2, 0.25) is 5.02 Å². The van der Waals surface area contributed by atoms with Gasteiger partial charge in [-0.3, -0.25) is 9.59 Å². The number of nitrogens with zero attached hydrogens (tertiary/aromatic N) is 1. The average molecular weight is 539 g/mol. The maximum Gasteiger partial charge on any atom is 0.343 e. The molecular weight excluding hydrogens is 515 g/mol. The van der Waals surface area contributed by atoms with Gasteiger partial charge in [-0.1, -0.05) is 62.2 Å². The highest BCUT2D eigenvalue weighted by molar-refractivity contribution is 6.53. The fraction of sp³-hybridized carbons (Fsp3) is 0.179. The van der Waals surface area contributed by atoms with E-state index in [1.165, 1.54) is 13.2 Å². The van der Waals surface area contributed by atoms with Gasteiger partial charge in [0.25, 0.3) is 11.8 Å². The molecule has 0 aliphatic carbocycles. The van der Waals surface area contributed by atoms with Crippen molar-refractivity contribution in [2.24, 2.45) is 0 Å². The number of ether oxygens (including phenoxy) is 2. The molecule has 9 heteroatoms. The smallest absolute Gasteiger partial charge is 0.343 e. The van der Waals surface area contributed by atoms with Crippen LogP contribution in [0.25, 0.3) is 0 Å². The van der Waals surface area contributed by atoms with E-state index < -0.39 is 17.8 Å². The zero-order valence-corrected chi connectivity index (χ0v) is 22.1. The van der Waals surface area contributed by atoms with E-state index >= 15 is 0 Å². The Morgan fingerprint density at radius 1 is 0.892 bits per heavy atom. The van der Waals surface area contributed by atoms with Crippen molar-refractivity contribution in [3.63, 3.8) is 0 Å². The number of carbonyl (C=O) groups excluding carboxylic acids is 3. The molecule has 1 heterocycles. The molecule has 3 aromatic rings. The lowest BCUT2D eigenvalue weighted by Gasteiger charge is -2.22. The Morgan fingerprint density at radius 3 is 2.22 bits per heavy atom. The number of esters is 1. The van der Waals surface area contributed by atoms with Crippen LogP contribution in [0.15, 0.2) is 77.5 Å². The van der Waals surface area contributed by atoms with Crippen molar-refractivity contribution >= 4 is 52.4 Å². The van der Waals surface area contributed by atoms with Crippen LogP contribution in [0.1, 0.15) is 36.7 Å². The Labute approximate surface area is 224 Å². The minimum absolute atomic E-state index is 0.108. The Morgan fingerprint density at radius 2 is 1.57 bits per heavy atom. The zero-order chi connectivity index (χ0) is 26.9. The number of methoxy groups -OCH3 is 1. The van der Waals surface area contributed by atoms with E-state index in [0.717, 1.165) is 10.5 Å². The van der Waals surface area contributed by atoms with Gasteiger partial charge in [-0.25, -0.2) is 9.69 Å². The molecule has 3 aromatic carbocycles. The van der Waals surface area contributed by atoms with Crippen molar-refractivity contribution in [2.75, 3.05) is 17.3 Å². The number of hydrogen-bond acceptors (Lipinski definition) is 6. The lowest BCUT2D eigenvalue weighted by molar-refractivity contribution is -0.120. The quantitative estimate of drug-likeness (QED) is 0.225. The van der Waals surface area contributed by atoms with E-state index in [2.05, 4.69) is 5.32 Å². The Kier molecular flexibility index (Phi) is 7.30. The van der Waals surface area contributed by atoms with Gasteiger partial charge in [0.15, 0.2) is 0 Å². The van der Waals surface area contributed by atoms with Crippen molar-refractivity contribution < 1.29 is 23.9 Å². The van der Waals surface area contributed by atoms with Crippen LogP contribution in [-0.2, 0) is 15.0 Å². The van der Waals surface area contributed by atoms with Crippen LogP contribution in [0.4, 0.5) is 11.4 Å². The van der Waals surface area contributed by atoms with E-state index in [1.54, 1.807) is 42.5 Å². The summed E-state index contributed by atoms with van der Waals surface area (Å²) in [6.45, 7) is 6.12. The van der Waals surface area contributed by atoms with Crippen LogP contribution < -0.4 is 19.7 Å². The largest absolute Gasteiger partial charge is 0.495 e. The summed E-state index contributed by atoms with van der Waals surface area (Å²) >= 11 is 12.3. The summed E-state index contributed by atoms with van der Waals surface area (Å²) in [7, 11) is 1.42. The first kappa shape index (κ1) is 26.3. The predicted molar refractivity (Wildman–Crippen MR) is 144 cm³/mol. The van der Waals surface area contributed by atoms with Gasteiger partial charge < -0.3 is 14.8 Å². The summed E-state index contributed by atoms with van der Waals surface area (Å²) in [5, 5.41) is 2.92. The molecule has 0 saturated carbocycles. The zero-order valence-electron chi connectivity index (χ0n) is 20.6. The van der Waals surface area contributed by atoms with Crippen LogP contribution in [0, 0.1) is 0 Å². The van der Waals surface area contributed by atoms with Crippen LogP contribution >= 0.6 is 23.2 Å². The molecule has 4 rings (SSSR count). The SMILES string of the molecule is COc1ccc(Cl)cc1N1C(=O)C(Cl)=C(Nc2ccc(C(=O)Oc3ccccc3C(C)(C)C)cc2)C1=O. The molecule has 0 spiro atoms. The number of carbonyl (C=O) groups is 3. The topological polar surface area (TPSA) is 84.9 Å². The molecule has 1 aliphatic rings. The Bertz CT molecular complexity index is 1430. The molecule has 2 amide bonds. The van der Waals surface area contributed by atoms with Gasteiger partial charge in [-0.2, -0.15) is 0 Å². The Hall–Kier alpha value is -3.81. The van der Waals surface area contributed by atoms with Crippen molar-refractivity contribution in [2.45, 2.75) is 26.2 Å². The van der Waals surface area contributed by atoms with Gasteiger partial charge in [0.05, 0.1) is 18.4 Å². The average Bonchev–Trinajstić information content (AvgIpc) is 3.07. The molecule has 0 atom stereocenters. The van der Waals surface area contributed by atoms with Crippen LogP contribution in [-0.4, -0.2) is 24.9 Å². The van der Waals surface area contributed by atoms with Crippen LogP contribution in [0.3, 0.4) is 0 Å². The first-order valence-electron chi connectivity index (χ1n) is 11.3. The molecule has 0 fully saturated rings. The standard InChI is InChI=1S/C28H24Cl2N2O5/c1-28(2,3)19-7-5-6-8-21(19)37-27(35)16-9-12-18(13-10-16)31-24-23(30)25(33)32(26(24)34)20-15-17(29)11-14-22(20)36-4/h5-15,31H,1-4H3. The molecule has 1 aliphatic heterocycles. The summed E-state index contributed by atoms with van der Waals surface area (Å²) in [4.78, 5) is 39.6. The molecular formula is C28H24Cl2N2O5. The molecule has 0 radical (unpaired) electrons. The van der Waals surface area contributed by atoms with Gasteiger partial charge in [-0.15, -0.1) is 0 Å². The summed E-state index contributed by atoms with van der Waals surface area (Å²) in [5.74, 6) is -1.13. The highest BCUT2D eigenvalue weighted by Gasteiger charge is 2.40. The minimum Gasteiger partial charge on any atom is -0.495 e. The van der Waals surface area contributed by atoms with Gasteiger partial charge in [0.2, 0.25) is 0 Å². The van der Waals surface area contributed by atoms with Gasteiger partial charge in [0, 0.05) is 16.3 Å². The summed E-state index contributed by atoms with van der Waals surface area (Å²) in [6.07, 6.45) is 0. The van der Waals surface area contributed by atoms with Gasteiger partial charge in [0.1, 0.15) is 22.2 Å². The molecule has 7 nitrogen and oxygen atoms in total. The molecule has 0 saturated heterocycles. The fourth-order valence-corrected chi connectivity index (χ4v) is 4.21. The normalized spacial score (nSPS) is 13.7. The molecule has 0 bridgehead atoms. The maximum absolute atomic E-state index is 13.1. The number of halogens is 2. The fourth-order valence-electron chi connectivity index (χ4n) is 3.84. The predicted octanol–water partition coefficient (Wildman–Crippen LogP) is 6.30. The van der Waals surface area contributed by atoms with Crippen molar-refractivity contribution in [3.05, 3.63) is 93.6 Å². The monoisotopic (exact) mass is 538 g/mol. The number of rotatable bonds is 6. The number of para-hydroxylation sites is 1. The van der Waals surface area contributed by atoms with Crippen molar-refractivity contribution in [3.8, 4) is 11.5 Å². The summed E-state index contributed by atoms with van der Waals surface area (Å²) < 4.78 is 10.9. The lowest BCUT2D eigenvalue weighted by atomic mass is 9.86. The van der Waals surface area contributed by atoms with E-state index in [9.17, 15) is 14.4 Å². The lowest BCUT2D eigenvalue weighted by Crippen LogP contribution is -2.32. The minimum atomic E-state index is -0.715. The van der Waals surface area contributed by atoms with E-state index in [1.807, 2.05) is 39.0 Å². The van der Waals surface area contributed by atoms with E-state index in [0.29, 0.717) is 22.0 Å². The molecule has 0 aromatic heterocycles. The third kappa shape index (κ3) is 5.33. The third-order valence-corrected chi connectivity index (χ3v) is 6.28. The maximum atomic E-state index is 13.1. The van der Waals surface area contributed by atoms with Crippen molar-refractivity contribution in [1.29, 1.82) is 0 Å². The van der Waals surface area contributed by atoms with Gasteiger partial charge >= 0.3 is 5.97 Å². The Balaban J connectivity index is 1.52. The number of amides is 2. The third-order valence-electron chi connectivity index (χ3n) is 5.70. The number of imide groups is 1. The summed E-state index contributed by atoms with van der Waals surface area (Å²) in [6, 6.07) is 18.3. The highest BCUT2D eigenvalue weighted by atomic mass is 35.5. The number of hydrogen-bond donors (Lipinski definition) is 1. The second kappa shape index (κ2) is 10.3. The van der Waals surface area contributed by atoms with Crippen LogP contribution in [0.5, 0.6) is 11.5 Å². The highest BCUT2D eigenvalue weighted by Crippen LogP contribution is 2.37. The molecule has 1 N–H and O–H groups in total. The number of anilines is 2. The second-order valence-corrected chi connectivity index (χ2v) is 10.1. The van der Waals surface area contributed by atoms with E-state index in [4.69, 9.17) is 32.7 Å². The molecule has 37 heavy (non-hydrogen) atoms. The first-order valence-corrected chi connectivity index (χ1v) is 12.1. The molecule has 0 unspecified atom stereocenters. The first-order chi connectivity index (χ1) is 17.5.